The van der Waals surface area contributed by atoms with Gasteiger partial charge in [0.25, 0.3) is 0 Å². The van der Waals surface area contributed by atoms with Crippen LogP contribution in [0.1, 0.15) is 45.2 Å². The molecule has 0 amide bonds. The van der Waals surface area contributed by atoms with E-state index in [-0.39, 0.29) is 17.9 Å². The molecule has 0 aliphatic heterocycles. The molecule has 0 aromatic heterocycles. The summed E-state index contributed by atoms with van der Waals surface area (Å²) in [6.45, 7) is 7.46. The van der Waals surface area contributed by atoms with Crippen molar-refractivity contribution >= 4 is 0 Å². The molecule has 2 unspecified atom stereocenters. The van der Waals surface area contributed by atoms with Crippen molar-refractivity contribution in [2.75, 3.05) is 6.54 Å². The van der Waals surface area contributed by atoms with E-state index >= 15 is 0 Å². The molecule has 2 atom stereocenters. The largest absolute Gasteiger partial charge is 0.326 e. The van der Waals surface area contributed by atoms with E-state index in [0.717, 1.165) is 18.0 Å². The number of benzene rings is 1. The monoisotopic (exact) mass is 264 g/mol. The molecule has 1 saturated carbocycles. The second-order valence-corrected chi connectivity index (χ2v) is 6.09. The van der Waals surface area contributed by atoms with Gasteiger partial charge in [-0.3, -0.25) is 4.90 Å². The first-order valence-corrected chi connectivity index (χ1v) is 7.26. The minimum Gasteiger partial charge on any atom is -0.326 e. The van der Waals surface area contributed by atoms with Crippen LogP contribution in [0.4, 0.5) is 4.39 Å². The predicted octanol–water partition coefficient (Wildman–Crippen LogP) is 3.33. The lowest BCUT2D eigenvalue weighted by Gasteiger charge is -2.37. The summed E-state index contributed by atoms with van der Waals surface area (Å²) in [5, 5.41) is 0. The lowest BCUT2D eigenvalue weighted by Crippen LogP contribution is -2.44. The minimum atomic E-state index is -0.182. The molecule has 1 aromatic carbocycles. The van der Waals surface area contributed by atoms with Crippen LogP contribution in [-0.2, 0) is 0 Å². The molecule has 1 aliphatic rings. The second-order valence-electron chi connectivity index (χ2n) is 6.09. The highest BCUT2D eigenvalue weighted by Crippen LogP contribution is 2.34. The molecule has 1 fully saturated rings. The van der Waals surface area contributed by atoms with E-state index < -0.39 is 0 Å². The third-order valence-electron chi connectivity index (χ3n) is 3.87. The Balaban J connectivity index is 2.25. The highest BCUT2D eigenvalue weighted by atomic mass is 19.1. The molecule has 0 bridgehead atoms. The third kappa shape index (κ3) is 3.77. The number of nitrogens with two attached hydrogens (primary N) is 1. The van der Waals surface area contributed by atoms with Gasteiger partial charge in [0.2, 0.25) is 0 Å². The molecule has 2 nitrogen and oxygen atoms in total. The topological polar surface area (TPSA) is 29.3 Å². The molecule has 19 heavy (non-hydrogen) atoms. The van der Waals surface area contributed by atoms with Crippen LogP contribution in [-0.4, -0.2) is 23.5 Å². The van der Waals surface area contributed by atoms with Gasteiger partial charge in [-0.1, -0.05) is 12.1 Å². The van der Waals surface area contributed by atoms with E-state index in [4.69, 9.17) is 5.73 Å². The van der Waals surface area contributed by atoms with Crippen molar-refractivity contribution in [3.63, 3.8) is 0 Å². The second kappa shape index (κ2) is 6.02. The van der Waals surface area contributed by atoms with Crippen LogP contribution in [0.15, 0.2) is 24.3 Å². The summed E-state index contributed by atoms with van der Waals surface area (Å²) in [5.41, 5.74) is 7.18. The fraction of sp³-hybridized carbons (Fsp3) is 0.625. The lowest BCUT2D eigenvalue weighted by molar-refractivity contribution is 0.129. The van der Waals surface area contributed by atoms with Gasteiger partial charge in [-0.2, -0.15) is 0 Å². The first-order valence-electron chi connectivity index (χ1n) is 7.26. The van der Waals surface area contributed by atoms with Gasteiger partial charge in [-0.25, -0.2) is 4.39 Å². The van der Waals surface area contributed by atoms with E-state index in [9.17, 15) is 4.39 Å². The number of rotatable bonds is 6. The molecule has 106 valence electrons. The van der Waals surface area contributed by atoms with E-state index in [1.165, 1.54) is 18.9 Å². The Morgan fingerprint density at radius 1 is 1.32 bits per heavy atom. The molecular weight excluding hydrogens is 239 g/mol. The SMILES string of the molecule is CC(N)C(c1cccc(F)c1)N(CC1CC1)C(C)C. The van der Waals surface area contributed by atoms with E-state index in [1.807, 2.05) is 13.0 Å². The molecule has 2 rings (SSSR count). The van der Waals surface area contributed by atoms with Crippen LogP contribution >= 0.6 is 0 Å². The van der Waals surface area contributed by atoms with Crippen molar-refractivity contribution in [2.45, 2.75) is 51.7 Å². The summed E-state index contributed by atoms with van der Waals surface area (Å²) in [5.74, 6) is 0.621. The summed E-state index contributed by atoms with van der Waals surface area (Å²) >= 11 is 0. The van der Waals surface area contributed by atoms with Gasteiger partial charge in [0.05, 0.1) is 0 Å². The van der Waals surface area contributed by atoms with Gasteiger partial charge in [0.15, 0.2) is 0 Å². The number of halogens is 1. The van der Waals surface area contributed by atoms with Crippen molar-refractivity contribution in [3.8, 4) is 0 Å². The van der Waals surface area contributed by atoms with Crippen LogP contribution in [0, 0.1) is 11.7 Å². The highest BCUT2D eigenvalue weighted by Gasteiger charge is 2.32. The fourth-order valence-corrected chi connectivity index (χ4v) is 2.73. The Bertz CT molecular complexity index is 413. The first kappa shape index (κ1) is 14.5. The first-order chi connectivity index (χ1) is 8.99. The quantitative estimate of drug-likeness (QED) is 0.854. The predicted molar refractivity (Wildman–Crippen MR) is 77.4 cm³/mol. The number of nitrogens with zero attached hydrogens (tertiary/aromatic N) is 1. The average Bonchev–Trinajstić information content (AvgIpc) is 3.11. The molecule has 1 aliphatic carbocycles. The van der Waals surface area contributed by atoms with Gasteiger partial charge in [-0.05, 0) is 57.2 Å². The summed E-state index contributed by atoms with van der Waals surface area (Å²) < 4.78 is 13.5. The Hall–Kier alpha value is -0.930. The maximum Gasteiger partial charge on any atom is 0.123 e. The fourth-order valence-electron chi connectivity index (χ4n) is 2.73. The van der Waals surface area contributed by atoms with Crippen LogP contribution in [0.5, 0.6) is 0 Å². The molecule has 2 N–H and O–H groups in total. The molecule has 1 aromatic rings. The zero-order valence-electron chi connectivity index (χ0n) is 12.1. The van der Waals surface area contributed by atoms with Crippen LogP contribution in [0.3, 0.4) is 0 Å². The van der Waals surface area contributed by atoms with Crippen molar-refractivity contribution in [1.82, 2.24) is 4.90 Å². The standard InChI is InChI=1S/C16H25FN2/c1-11(2)19(10-13-7-8-13)16(12(3)18)14-5-4-6-15(17)9-14/h4-6,9,11-13,16H,7-8,10,18H2,1-3H3. The number of hydrogen-bond donors (Lipinski definition) is 1. The molecular formula is C16H25FN2. The van der Waals surface area contributed by atoms with E-state index in [1.54, 1.807) is 12.1 Å². The summed E-state index contributed by atoms with van der Waals surface area (Å²) in [6.07, 6.45) is 2.64. The highest BCUT2D eigenvalue weighted by molar-refractivity contribution is 5.22. The Kier molecular flexibility index (Phi) is 4.58. The van der Waals surface area contributed by atoms with E-state index in [0.29, 0.717) is 6.04 Å². The maximum absolute atomic E-state index is 13.5. The lowest BCUT2D eigenvalue weighted by atomic mass is 9.97. The molecule has 3 heteroatoms. The molecule has 0 radical (unpaired) electrons. The Morgan fingerprint density at radius 3 is 2.47 bits per heavy atom. The zero-order chi connectivity index (χ0) is 14.0. The van der Waals surface area contributed by atoms with Gasteiger partial charge >= 0.3 is 0 Å². The summed E-state index contributed by atoms with van der Waals surface area (Å²) in [6, 6.07) is 7.37. The third-order valence-corrected chi connectivity index (χ3v) is 3.87. The normalized spacial score (nSPS) is 18.9. The van der Waals surface area contributed by atoms with Crippen molar-refractivity contribution in [3.05, 3.63) is 35.6 Å². The molecule has 0 heterocycles. The minimum absolute atomic E-state index is 0.0112. The molecule has 0 spiro atoms. The van der Waals surface area contributed by atoms with Crippen molar-refractivity contribution in [1.29, 1.82) is 0 Å². The average molecular weight is 264 g/mol. The Morgan fingerprint density at radius 2 is 2.00 bits per heavy atom. The zero-order valence-corrected chi connectivity index (χ0v) is 12.1. The van der Waals surface area contributed by atoms with Crippen LogP contribution in [0.25, 0.3) is 0 Å². The summed E-state index contributed by atoms with van der Waals surface area (Å²) in [7, 11) is 0. The van der Waals surface area contributed by atoms with E-state index in [2.05, 4.69) is 18.7 Å². The molecule has 0 saturated heterocycles. The number of hydrogen-bond acceptors (Lipinski definition) is 2. The van der Waals surface area contributed by atoms with Gasteiger partial charge in [0.1, 0.15) is 5.82 Å². The smallest absolute Gasteiger partial charge is 0.123 e. The van der Waals surface area contributed by atoms with Gasteiger partial charge in [-0.15, -0.1) is 0 Å². The van der Waals surface area contributed by atoms with Crippen molar-refractivity contribution < 1.29 is 4.39 Å². The van der Waals surface area contributed by atoms with Gasteiger partial charge in [0, 0.05) is 24.7 Å². The van der Waals surface area contributed by atoms with Crippen LogP contribution in [0.2, 0.25) is 0 Å². The Labute approximate surface area is 115 Å². The van der Waals surface area contributed by atoms with Crippen molar-refractivity contribution in [2.24, 2.45) is 11.7 Å². The van der Waals surface area contributed by atoms with Gasteiger partial charge < -0.3 is 5.73 Å². The summed E-state index contributed by atoms with van der Waals surface area (Å²) in [4.78, 5) is 2.43. The maximum atomic E-state index is 13.5. The van der Waals surface area contributed by atoms with Crippen LogP contribution < -0.4 is 5.73 Å².